The molecule has 0 saturated heterocycles. The number of aromatic nitrogens is 2. The van der Waals surface area contributed by atoms with Crippen LogP contribution < -0.4 is 0 Å². The maximum absolute atomic E-state index is 10.5. The predicted octanol–water partition coefficient (Wildman–Crippen LogP) is 2.69. The molecule has 0 unspecified atom stereocenters. The predicted molar refractivity (Wildman–Crippen MR) is 68.2 cm³/mol. The van der Waals surface area contributed by atoms with Crippen LogP contribution in [0, 0.1) is 0 Å². The highest BCUT2D eigenvalue weighted by Crippen LogP contribution is 2.20. The number of rotatable bonds is 4. The monoisotopic (exact) mass is 248 g/mol. The van der Waals surface area contributed by atoms with E-state index < -0.39 is 5.97 Å². The number of benzene rings is 1. The number of carboxylic acid groups (broad SMARTS) is 1. The zero-order chi connectivity index (χ0) is 12.3. The normalized spacial score (nSPS) is 11.9. The van der Waals surface area contributed by atoms with E-state index in [-0.39, 0.29) is 0 Å². The highest BCUT2D eigenvalue weighted by molar-refractivity contribution is 7.99. The van der Waals surface area contributed by atoms with Gasteiger partial charge in [0.2, 0.25) is 0 Å². The highest BCUT2D eigenvalue weighted by atomic mass is 32.2. The van der Waals surface area contributed by atoms with Crippen LogP contribution in [0.5, 0.6) is 0 Å². The molecule has 0 aliphatic rings. The Morgan fingerprint density at radius 1 is 1.53 bits per heavy atom. The van der Waals surface area contributed by atoms with Crippen molar-refractivity contribution < 1.29 is 9.90 Å². The van der Waals surface area contributed by atoms with Crippen molar-refractivity contribution >= 4 is 28.8 Å². The number of hydrogen-bond donors (Lipinski definition) is 2. The summed E-state index contributed by atoms with van der Waals surface area (Å²) in [5.41, 5.74) is 2.73. The summed E-state index contributed by atoms with van der Waals surface area (Å²) in [5.74, 6) is -0.292. The lowest BCUT2D eigenvalue weighted by Gasteiger charge is -1.96. The molecule has 0 saturated carbocycles. The second-order valence-corrected chi connectivity index (χ2v) is 4.64. The Bertz CT molecular complexity index is 542. The highest BCUT2D eigenvalue weighted by Gasteiger charge is 2.03. The van der Waals surface area contributed by atoms with Gasteiger partial charge in [0.25, 0.3) is 0 Å². The largest absolute Gasteiger partial charge is 0.478 e. The molecule has 0 aliphatic heterocycles. The fourth-order valence-corrected chi connectivity index (χ4v) is 2.23. The summed E-state index contributed by atoms with van der Waals surface area (Å²) in [6.45, 7) is 1.80. The van der Waals surface area contributed by atoms with Crippen molar-refractivity contribution in [3.05, 3.63) is 35.9 Å². The van der Waals surface area contributed by atoms with Gasteiger partial charge in [0.05, 0.1) is 11.0 Å². The summed E-state index contributed by atoms with van der Waals surface area (Å²) >= 11 is 1.50. The minimum atomic E-state index is -0.910. The van der Waals surface area contributed by atoms with E-state index in [1.165, 1.54) is 17.8 Å². The van der Waals surface area contributed by atoms with Crippen molar-refractivity contribution in [1.29, 1.82) is 0 Å². The molecule has 2 N–H and O–H groups in total. The SMILES string of the molecule is C/C(=C\C(=O)O)CSc1nc2ccccc2[nH]1. The van der Waals surface area contributed by atoms with Gasteiger partial charge < -0.3 is 10.1 Å². The Balaban J connectivity index is 2.06. The molecule has 0 fully saturated rings. The van der Waals surface area contributed by atoms with Gasteiger partial charge in [-0.15, -0.1) is 0 Å². The number of carbonyl (C=O) groups is 1. The average Bonchev–Trinajstić information content (AvgIpc) is 2.68. The molecule has 2 aromatic rings. The lowest BCUT2D eigenvalue weighted by Crippen LogP contribution is -1.92. The fraction of sp³-hybridized carbons (Fsp3) is 0.167. The Kier molecular flexibility index (Phi) is 3.49. The summed E-state index contributed by atoms with van der Waals surface area (Å²) in [6, 6.07) is 7.79. The topological polar surface area (TPSA) is 66.0 Å². The Morgan fingerprint density at radius 2 is 2.29 bits per heavy atom. The van der Waals surface area contributed by atoms with Crippen molar-refractivity contribution in [3.63, 3.8) is 0 Å². The molecule has 1 aromatic heterocycles. The zero-order valence-electron chi connectivity index (χ0n) is 9.30. The van der Waals surface area contributed by atoms with Crippen LogP contribution in [0.15, 0.2) is 41.1 Å². The van der Waals surface area contributed by atoms with E-state index in [9.17, 15) is 4.79 Å². The second-order valence-electron chi connectivity index (χ2n) is 3.68. The van der Waals surface area contributed by atoms with Gasteiger partial charge in [0, 0.05) is 11.8 Å². The number of thioether (sulfide) groups is 1. The molecule has 4 nitrogen and oxygen atoms in total. The minimum absolute atomic E-state index is 0.617. The van der Waals surface area contributed by atoms with Crippen LogP contribution in [0.2, 0.25) is 0 Å². The number of nitrogens with one attached hydrogen (secondary N) is 1. The van der Waals surface area contributed by atoms with Gasteiger partial charge in [-0.2, -0.15) is 0 Å². The molecule has 0 spiro atoms. The summed E-state index contributed by atoms with van der Waals surface area (Å²) in [6.07, 6.45) is 1.22. The van der Waals surface area contributed by atoms with Crippen LogP contribution >= 0.6 is 11.8 Å². The van der Waals surface area contributed by atoms with Gasteiger partial charge in [-0.3, -0.25) is 0 Å². The maximum Gasteiger partial charge on any atom is 0.328 e. The van der Waals surface area contributed by atoms with Crippen LogP contribution in [-0.4, -0.2) is 26.8 Å². The number of nitrogens with zero attached hydrogens (tertiary/aromatic N) is 1. The standard InChI is InChI=1S/C12H12N2O2S/c1-8(6-11(15)16)7-17-12-13-9-4-2-3-5-10(9)14-12/h2-6H,7H2,1H3,(H,13,14)(H,15,16)/b8-6+. The van der Waals surface area contributed by atoms with E-state index in [0.717, 1.165) is 21.8 Å². The van der Waals surface area contributed by atoms with E-state index in [0.29, 0.717) is 5.75 Å². The van der Waals surface area contributed by atoms with Gasteiger partial charge in [0.15, 0.2) is 5.16 Å². The van der Waals surface area contributed by atoms with Gasteiger partial charge in [0.1, 0.15) is 0 Å². The number of carboxylic acids is 1. The zero-order valence-corrected chi connectivity index (χ0v) is 10.1. The number of H-pyrrole nitrogens is 1. The molecular formula is C12H12N2O2S. The van der Waals surface area contributed by atoms with Gasteiger partial charge >= 0.3 is 5.97 Å². The first-order valence-electron chi connectivity index (χ1n) is 5.13. The first-order chi connectivity index (χ1) is 8.15. The van der Waals surface area contributed by atoms with Crippen LogP contribution in [0.3, 0.4) is 0 Å². The lowest BCUT2D eigenvalue weighted by molar-refractivity contribution is -0.131. The third-order valence-electron chi connectivity index (χ3n) is 2.17. The number of aliphatic carboxylic acids is 1. The number of para-hydroxylation sites is 2. The molecule has 0 aliphatic carbocycles. The molecule has 5 heteroatoms. The van der Waals surface area contributed by atoms with Crippen molar-refractivity contribution in [2.45, 2.75) is 12.1 Å². The van der Waals surface area contributed by atoms with E-state index in [1.807, 2.05) is 24.3 Å². The van der Waals surface area contributed by atoms with Crippen molar-refractivity contribution in [1.82, 2.24) is 9.97 Å². The third kappa shape index (κ3) is 3.10. The van der Waals surface area contributed by atoms with E-state index in [4.69, 9.17) is 5.11 Å². The van der Waals surface area contributed by atoms with Crippen LogP contribution in [-0.2, 0) is 4.79 Å². The Hall–Kier alpha value is -1.75. The smallest absolute Gasteiger partial charge is 0.328 e. The number of fused-ring (bicyclic) bond motifs is 1. The molecule has 88 valence electrons. The van der Waals surface area contributed by atoms with Crippen molar-refractivity contribution in [2.75, 3.05) is 5.75 Å². The Morgan fingerprint density at radius 3 is 3.00 bits per heavy atom. The Labute approximate surface area is 103 Å². The van der Waals surface area contributed by atoms with E-state index in [2.05, 4.69) is 9.97 Å². The summed E-state index contributed by atoms with van der Waals surface area (Å²) in [4.78, 5) is 18.0. The van der Waals surface area contributed by atoms with Crippen LogP contribution in [0.25, 0.3) is 11.0 Å². The number of imidazole rings is 1. The molecule has 0 atom stereocenters. The average molecular weight is 248 g/mol. The molecule has 1 heterocycles. The van der Waals surface area contributed by atoms with E-state index in [1.54, 1.807) is 6.92 Å². The summed E-state index contributed by atoms with van der Waals surface area (Å²) in [7, 11) is 0. The third-order valence-corrected chi connectivity index (χ3v) is 3.24. The quantitative estimate of drug-likeness (QED) is 0.645. The van der Waals surface area contributed by atoms with Gasteiger partial charge in [-0.05, 0) is 19.1 Å². The minimum Gasteiger partial charge on any atom is -0.478 e. The lowest BCUT2D eigenvalue weighted by atomic mass is 10.3. The molecule has 0 amide bonds. The van der Waals surface area contributed by atoms with Crippen LogP contribution in [0.4, 0.5) is 0 Å². The molecule has 0 radical (unpaired) electrons. The van der Waals surface area contributed by atoms with E-state index >= 15 is 0 Å². The fourth-order valence-electron chi connectivity index (χ4n) is 1.43. The maximum atomic E-state index is 10.5. The first kappa shape index (κ1) is 11.7. The summed E-state index contributed by atoms with van der Waals surface area (Å²) in [5, 5.41) is 9.40. The molecule has 2 rings (SSSR count). The van der Waals surface area contributed by atoms with Gasteiger partial charge in [-0.1, -0.05) is 29.5 Å². The molecule has 0 bridgehead atoms. The molecular weight excluding hydrogens is 236 g/mol. The van der Waals surface area contributed by atoms with Crippen LogP contribution in [0.1, 0.15) is 6.92 Å². The second kappa shape index (κ2) is 5.05. The molecule has 1 aromatic carbocycles. The number of hydrogen-bond acceptors (Lipinski definition) is 3. The molecule has 17 heavy (non-hydrogen) atoms. The first-order valence-corrected chi connectivity index (χ1v) is 6.11. The summed E-state index contributed by atoms with van der Waals surface area (Å²) < 4.78 is 0. The van der Waals surface area contributed by atoms with Crippen molar-refractivity contribution in [2.24, 2.45) is 0 Å². The van der Waals surface area contributed by atoms with Crippen molar-refractivity contribution in [3.8, 4) is 0 Å². The van der Waals surface area contributed by atoms with Gasteiger partial charge in [-0.25, -0.2) is 9.78 Å². The number of aromatic amines is 1.